The molecule has 0 radical (unpaired) electrons. The van der Waals surface area contributed by atoms with Crippen molar-refractivity contribution in [2.24, 2.45) is 0 Å². The summed E-state index contributed by atoms with van der Waals surface area (Å²) < 4.78 is 11.3. The third kappa shape index (κ3) is 5.90. The topological polar surface area (TPSA) is 93.1 Å². The Hall–Kier alpha value is -3.28. The van der Waals surface area contributed by atoms with Gasteiger partial charge >= 0.3 is 5.97 Å². The van der Waals surface area contributed by atoms with Crippen LogP contribution in [0.5, 0.6) is 17.2 Å². The number of aromatic hydroxyl groups is 2. The number of allylic oxidation sites excluding steroid dienone is 1. The number of carbonyl (C=O) groups excluding carboxylic acids is 2. The molecule has 172 valence electrons. The van der Waals surface area contributed by atoms with Crippen LogP contribution in [0.1, 0.15) is 80.3 Å². The zero-order chi connectivity index (χ0) is 24.2. The standard InChI is InChI=1S/C26H32O6/c1-15(2)31-24-17(12-13-21(28)18-10-8-9-11-20(18)27)14-19(26(5,6)7)23(29)22(24)25(30)32-16(3)4/h8-16,27,29H,1-7H3. The Morgan fingerprint density at radius 1 is 1.00 bits per heavy atom. The van der Waals surface area contributed by atoms with E-state index in [9.17, 15) is 19.8 Å². The number of para-hydroxylation sites is 1. The van der Waals surface area contributed by atoms with Gasteiger partial charge in [0.1, 0.15) is 22.8 Å². The number of hydrogen-bond donors (Lipinski definition) is 2. The Labute approximate surface area is 189 Å². The number of ether oxygens (including phenoxy) is 2. The van der Waals surface area contributed by atoms with Gasteiger partial charge in [0.2, 0.25) is 0 Å². The molecular formula is C26H32O6. The van der Waals surface area contributed by atoms with E-state index in [0.717, 1.165) is 0 Å². The van der Waals surface area contributed by atoms with Gasteiger partial charge in [-0.15, -0.1) is 0 Å². The van der Waals surface area contributed by atoms with E-state index < -0.39 is 23.3 Å². The molecule has 0 fully saturated rings. The van der Waals surface area contributed by atoms with E-state index in [1.807, 2.05) is 20.8 Å². The Bertz CT molecular complexity index is 1030. The van der Waals surface area contributed by atoms with Crippen molar-refractivity contribution in [2.75, 3.05) is 0 Å². The van der Waals surface area contributed by atoms with Crippen molar-refractivity contribution in [1.29, 1.82) is 0 Å². The second-order valence-electron chi connectivity index (χ2n) is 9.15. The summed E-state index contributed by atoms with van der Waals surface area (Å²) in [4.78, 5) is 25.6. The first-order valence-corrected chi connectivity index (χ1v) is 10.6. The van der Waals surface area contributed by atoms with Crippen LogP contribution < -0.4 is 4.74 Å². The molecule has 0 spiro atoms. The van der Waals surface area contributed by atoms with Crippen molar-refractivity contribution in [2.45, 2.75) is 66.1 Å². The quantitative estimate of drug-likeness (QED) is 0.329. The smallest absolute Gasteiger partial charge is 0.346 e. The van der Waals surface area contributed by atoms with Crippen LogP contribution in [0.3, 0.4) is 0 Å². The molecule has 0 aromatic heterocycles. The Morgan fingerprint density at radius 2 is 1.62 bits per heavy atom. The lowest BCUT2D eigenvalue weighted by molar-refractivity contribution is 0.0368. The number of esters is 1. The number of rotatable bonds is 7. The summed E-state index contributed by atoms with van der Waals surface area (Å²) in [5, 5.41) is 21.0. The summed E-state index contributed by atoms with van der Waals surface area (Å²) in [5.41, 5.74) is 0.538. The zero-order valence-electron chi connectivity index (χ0n) is 19.7. The van der Waals surface area contributed by atoms with Gasteiger partial charge in [-0.05, 0) is 63.5 Å². The predicted molar refractivity (Wildman–Crippen MR) is 125 cm³/mol. The van der Waals surface area contributed by atoms with E-state index in [2.05, 4.69) is 0 Å². The van der Waals surface area contributed by atoms with Crippen LogP contribution in [-0.4, -0.2) is 34.2 Å². The molecule has 0 saturated heterocycles. The number of ketones is 1. The average Bonchev–Trinajstić information content (AvgIpc) is 2.65. The molecule has 32 heavy (non-hydrogen) atoms. The number of phenolic OH excluding ortho intramolecular Hbond substituents is 2. The van der Waals surface area contributed by atoms with Crippen molar-refractivity contribution in [3.63, 3.8) is 0 Å². The highest BCUT2D eigenvalue weighted by atomic mass is 16.5. The molecule has 2 aromatic carbocycles. The van der Waals surface area contributed by atoms with Crippen molar-refractivity contribution < 1.29 is 29.3 Å². The molecule has 2 rings (SSSR count). The van der Waals surface area contributed by atoms with Crippen LogP contribution in [0.25, 0.3) is 6.08 Å². The maximum absolute atomic E-state index is 12.9. The molecule has 0 aliphatic carbocycles. The summed E-state index contributed by atoms with van der Waals surface area (Å²) in [7, 11) is 0. The maximum Gasteiger partial charge on any atom is 0.346 e. The minimum absolute atomic E-state index is 0.0746. The average molecular weight is 441 g/mol. The van der Waals surface area contributed by atoms with Crippen LogP contribution >= 0.6 is 0 Å². The molecule has 0 unspecified atom stereocenters. The van der Waals surface area contributed by atoms with Crippen molar-refractivity contribution in [3.8, 4) is 17.2 Å². The highest BCUT2D eigenvalue weighted by Gasteiger charge is 2.30. The second-order valence-corrected chi connectivity index (χ2v) is 9.15. The highest BCUT2D eigenvalue weighted by Crippen LogP contribution is 2.42. The number of carbonyl (C=O) groups is 2. The number of hydrogen-bond acceptors (Lipinski definition) is 6. The SMILES string of the molecule is CC(C)OC(=O)c1c(O)c(C(C)(C)C)cc(C=CC(=O)c2ccccc2O)c1OC(C)C. The number of benzene rings is 2. The predicted octanol–water partition coefficient (Wildman–Crippen LogP) is 5.64. The van der Waals surface area contributed by atoms with Crippen molar-refractivity contribution in [1.82, 2.24) is 0 Å². The lowest BCUT2D eigenvalue weighted by atomic mass is 9.83. The molecule has 0 bridgehead atoms. The van der Waals surface area contributed by atoms with Crippen molar-refractivity contribution in [3.05, 3.63) is 58.7 Å². The fourth-order valence-corrected chi connectivity index (χ4v) is 3.13. The van der Waals surface area contributed by atoms with Gasteiger partial charge in [0, 0.05) is 11.1 Å². The molecule has 0 amide bonds. The van der Waals surface area contributed by atoms with E-state index in [0.29, 0.717) is 11.1 Å². The molecule has 0 heterocycles. The largest absolute Gasteiger partial charge is 0.507 e. The van der Waals surface area contributed by atoms with E-state index in [1.165, 1.54) is 24.3 Å². The monoisotopic (exact) mass is 440 g/mol. The summed E-state index contributed by atoms with van der Waals surface area (Å²) in [6.07, 6.45) is 2.13. The summed E-state index contributed by atoms with van der Waals surface area (Å²) in [5.74, 6) is -1.31. The van der Waals surface area contributed by atoms with Gasteiger partial charge in [-0.2, -0.15) is 0 Å². The third-order valence-electron chi connectivity index (χ3n) is 4.57. The van der Waals surface area contributed by atoms with Crippen LogP contribution in [0.15, 0.2) is 36.4 Å². The molecule has 6 heteroatoms. The minimum atomic E-state index is -0.707. The summed E-state index contributed by atoms with van der Waals surface area (Å²) in [6, 6.07) is 7.95. The van der Waals surface area contributed by atoms with Crippen LogP contribution in [0.2, 0.25) is 0 Å². The Kier molecular flexibility index (Phi) is 7.73. The zero-order valence-corrected chi connectivity index (χ0v) is 19.7. The van der Waals surface area contributed by atoms with Crippen LogP contribution in [0, 0.1) is 0 Å². The van der Waals surface area contributed by atoms with Gasteiger partial charge in [0.25, 0.3) is 0 Å². The van der Waals surface area contributed by atoms with Gasteiger partial charge < -0.3 is 19.7 Å². The van der Waals surface area contributed by atoms with Gasteiger partial charge in [0.05, 0.1) is 17.8 Å². The fraction of sp³-hybridized carbons (Fsp3) is 0.385. The molecule has 0 aliphatic heterocycles. The van der Waals surface area contributed by atoms with Gasteiger partial charge in [-0.25, -0.2) is 4.79 Å². The molecular weight excluding hydrogens is 408 g/mol. The van der Waals surface area contributed by atoms with Gasteiger partial charge in [-0.1, -0.05) is 32.9 Å². The second kappa shape index (κ2) is 9.90. The first-order valence-electron chi connectivity index (χ1n) is 10.6. The van der Waals surface area contributed by atoms with Crippen LogP contribution in [-0.2, 0) is 10.2 Å². The molecule has 6 nitrogen and oxygen atoms in total. The minimum Gasteiger partial charge on any atom is -0.507 e. The maximum atomic E-state index is 12.9. The molecule has 0 atom stereocenters. The molecule has 0 saturated carbocycles. The Balaban J connectivity index is 2.72. The van der Waals surface area contributed by atoms with E-state index in [-0.39, 0.29) is 34.5 Å². The third-order valence-corrected chi connectivity index (χ3v) is 4.57. The normalized spacial score (nSPS) is 11.9. The summed E-state index contributed by atoms with van der Waals surface area (Å²) >= 11 is 0. The van der Waals surface area contributed by atoms with Gasteiger partial charge in [-0.3, -0.25) is 4.79 Å². The van der Waals surface area contributed by atoms with Crippen molar-refractivity contribution >= 4 is 17.8 Å². The van der Waals surface area contributed by atoms with E-state index in [4.69, 9.17) is 9.47 Å². The van der Waals surface area contributed by atoms with E-state index >= 15 is 0 Å². The summed E-state index contributed by atoms with van der Waals surface area (Å²) in [6.45, 7) is 12.8. The molecule has 2 N–H and O–H groups in total. The van der Waals surface area contributed by atoms with Gasteiger partial charge in [0.15, 0.2) is 5.78 Å². The molecule has 0 aliphatic rings. The number of phenols is 2. The fourth-order valence-electron chi connectivity index (χ4n) is 3.13. The first kappa shape index (κ1) is 25.0. The van der Waals surface area contributed by atoms with E-state index in [1.54, 1.807) is 45.9 Å². The Morgan fingerprint density at radius 3 is 2.16 bits per heavy atom. The lowest BCUT2D eigenvalue weighted by Crippen LogP contribution is -2.19. The first-order chi connectivity index (χ1) is 14.8. The lowest BCUT2D eigenvalue weighted by Gasteiger charge is -2.25. The highest BCUT2D eigenvalue weighted by molar-refractivity contribution is 6.09. The van der Waals surface area contributed by atoms with Crippen LogP contribution in [0.4, 0.5) is 0 Å². The molecule has 2 aromatic rings.